The predicted octanol–water partition coefficient (Wildman–Crippen LogP) is 4.03. The summed E-state index contributed by atoms with van der Waals surface area (Å²) in [6.45, 7) is 3.96. The summed E-state index contributed by atoms with van der Waals surface area (Å²) in [5.41, 5.74) is 5.86. The maximum absolute atomic E-state index is 13.3. The van der Waals surface area contributed by atoms with E-state index in [-0.39, 0.29) is 5.69 Å². The van der Waals surface area contributed by atoms with Gasteiger partial charge in [-0.05, 0) is 37.1 Å². The van der Waals surface area contributed by atoms with Gasteiger partial charge in [0.05, 0.1) is 11.9 Å². The van der Waals surface area contributed by atoms with E-state index in [0.29, 0.717) is 0 Å². The van der Waals surface area contributed by atoms with E-state index in [4.69, 9.17) is 0 Å². The Morgan fingerprint density at radius 2 is 1.84 bits per heavy atom. The molecule has 98 valence electrons. The van der Waals surface area contributed by atoms with Crippen LogP contribution < -0.4 is 5.43 Å². The molecule has 0 aromatic heterocycles. The molecule has 2 aromatic carbocycles. The fourth-order valence-electron chi connectivity index (χ4n) is 1.65. The maximum Gasteiger partial charge on any atom is 0.151 e. The van der Waals surface area contributed by atoms with Gasteiger partial charge in [-0.2, -0.15) is 5.10 Å². The number of halogens is 2. The molecule has 0 radical (unpaired) electrons. The number of nitrogens with one attached hydrogen (secondary N) is 1. The van der Waals surface area contributed by atoms with Crippen LogP contribution in [0.1, 0.15) is 16.7 Å². The van der Waals surface area contributed by atoms with Gasteiger partial charge in [0.1, 0.15) is 5.82 Å². The van der Waals surface area contributed by atoms with Crippen molar-refractivity contribution in [3.8, 4) is 0 Å². The molecular formula is C15H14F2N2. The number of aryl methyl sites for hydroxylation is 2. The summed E-state index contributed by atoms with van der Waals surface area (Å²) in [4.78, 5) is 0. The summed E-state index contributed by atoms with van der Waals surface area (Å²) in [7, 11) is 0. The van der Waals surface area contributed by atoms with Gasteiger partial charge in [0.25, 0.3) is 0 Å². The molecule has 0 aliphatic rings. The van der Waals surface area contributed by atoms with E-state index in [1.807, 2.05) is 32.0 Å². The molecule has 0 fully saturated rings. The Kier molecular flexibility index (Phi) is 3.90. The third-order valence-electron chi connectivity index (χ3n) is 2.75. The average molecular weight is 260 g/mol. The molecule has 0 atom stereocenters. The van der Waals surface area contributed by atoms with Gasteiger partial charge in [0, 0.05) is 6.07 Å². The van der Waals surface area contributed by atoms with Crippen molar-refractivity contribution >= 4 is 11.9 Å². The highest BCUT2D eigenvalue weighted by Crippen LogP contribution is 2.15. The second-order valence-electron chi connectivity index (χ2n) is 4.35. The SMILES string of the molecule is Cc1ccc(C)c(/C=N\Nc2ccc(F)cc2F)c1. The van der Waals surface area contributed by atoms with Crippen LogP contribution >= 0.6 is 0 Å². The minimum Gasteiger partial charge on any atom is -0.276 e. The van der Waals surface area contributed by atoms with Crippen molar-refractivity contribution in [1.29, 1.82) is 0 Å². The largest absolute Gasteiger partial charge is 0.276 e. The van der Waals surface area contributed by atoms with E-state index < -0.39 is 11.6 Å². The van der Waals surface area contributed by atoms with Crippen molar-refractivity contribution in [1.82, 2.24) is 0 Å². The third kappa shape index (κ3) is 3.37. The molecule has 0 aliphatic heterocycles. The standard InChI is InChI=1S/C15H14F2N2/c1-10-3-4-11(2)12(7-10)9-18-19-15-6-5-13(16)8-14(15)17/h3-9,19H,1-2H3/b18-9-. The molecule has 2 nitrogen and oxygen atoms in total. The Hall–Kier alpha value is -2.23. The zero-order valence-electron chi connectivity index (χ0n) is 10.7. The first-order valence-electron chi connectivity index (χ1n) is 5.87. The van der Waals surface area contributed by atoms with Crippen molar-refractivity contribution in [2.45, 2.75) is 13.8 Å². The Labute approximate surface area is 110 Å². The van der Waals surface area contributed by atoms with Crippen LogP contribution in [0.3, 0.4) is 0 Å². The van der Waals surface area contributed by atoms with Crippen molar-refractivity contribution in [2.75, 3.05) is 5.43 Å². The highest BCUT2D eigenvalue weighted by atomic mass is 19.1. The first-order chi connectivity index (χ1) is 9.06. The van der Waals surface area contributed by atoms with Crippen LogP contribution in [-0.4, -0.2) is 6.21 Å². The highest BCUT2D eigenvalue weighted by Gasteiger charge is 2.01. The van der Waals surface area contributed by atoms with E-state index in [2.05, 4.69) is 10.5 Å². The molecule has 19 heavy (non-hydrogen) atoms. The predicted molar refractivity (Wildman–Crippen MR) is 73.5 cm³/mol. The number of rotatable bonds is 3. The molecule has 0 aliphatic carbocycles. The van der Waals surface area contributed by atoms with Crippen LogP contribution in [0.25, 0.3) is 0 Å². The average Bonchev–Trinajstić information content (AvgIpc) is 2.36. The number of nitrogens with zero attached hydrogens (tertiary/aromatic N) is 1. The van der Waals surface area contributed by atoms with Crippen LogP contribution in [0.5, 0.6) is 0 Å². The fraction of sp³-hybridized carbons (Fsp3) is 0.133. The quantitative estimate of drug-likeness (QED) is 0.654. The number of anilines is 1. The molecule has 0 spiro atoms. The van der Waals surface area contributed by atoms with Crippen LogP contribution in [0.4, 0.5) is 14.5 Å². The third-order valence-corrected chi connectivity index (χ3v) is 2.75. The number of hydrazone groups is 1. The van der Waals surface area contributed by atoms with Gasteiger partial charge in [-0.25, -0.2) is 8.78 Å². The van der Waals surface area contributed by atoms with Crippen molar-refractivity contribution in [3.05, 3.63) is 64.7 Å². The summed E-state index contributed by atoms with van der Waals surface area (Å²) >= 11 is 0. The smallest absolute Gasteiger partial charge is 0.151 e. The summed E-state index contributed by atoms with van der Waals surface area (Å²) < 4.78 is 26.1. The molecule has 0 unspecified atom stereocenters. The number of hydrogen-bond acceptors (Lipinski definition) is 2. The van der Waals surface area contributed by atoms with Gasteiger partial charge in [0.2, 0.25) is 0 Å². The molecular weight excluding hydrogens is 246 g/mol. The van der Waals surface area contributed by atoms with E-state index in [1.54, 1.807) is 6.21 Å². The Balaban J connectivity index is 2.13. The first-order valence-corrected chi connectivity index (χ1v) is 5.87. The zero-order chi connectivity index (χ0) is 13.8. The highest BCUT2D eigenvalue weighted by molar-refractivity contribution is 5.82. The molecule has 2 rings (SSSR count). The lowest BCUT2D eigenvalue weighted by Gasteiger charge is -2.03. The van der Waals surface area contributed by atoms with E-state index in [1.165, 1.54) is 12.1 Å². The van der Waals surface area contributed by atoms with Gasteiger partial charge < -0.3 is 0 Å². The van der Waals surface area contributed by atoms with Gasteiger partial charge in [-0.1, -0.05) is 23.8 Å². The lowest BCUT2D eigenvalue weighted by molar-refractivity contribution is 0.585. The summed E-state index contributed by atoms with van der Waals surface area (Å²) in [5, 5.41) is 3.97. The van der Waals surface area contributed by atoms with Crippen LogP contribution in [-0.2, 0) is 0 Å². The summed E-state index contributed by atoms with van der Waals surface area (Å²) in [6.07, 6.45) is 1.62. The lowest BCUT2D eigenvalue weighted by atomic mass is 10.1. The fourth-order valence-corrected chi connectivity index (χ4v) is 1.65. The molecule has 0 bridgehead atoms. The summed E-state index contributed by atoms with van der Waals surface area (Å²) in [6, 6.07) is 9.30. The number of benzene rings is 2. The minimum atomic E-state index is -0.668. The molecule has 0 saturated carbocycles. The normalized spacial score (nSPS) is 10.9. The van der Waals surface area contributed by atoms with Gasteiger partial charge in [0.15, 0.2) is 5.82 Å². The molecule has 0 saturated heterocycles. The minimum absolute atomic E-state index is 0.142. The van der Waals surface area contributed by atoms with E-state index in [0.717, 1.165) is 22.8 Å². The van der Waals surface area contributed by atoms with Gasteiger partial charge >= 0.3 is 0 Å². The zero-order valence-corrected chi connectivity index (χ0v) is 10.7. The van der Waals surface area contributed by atoms with Crippen molar-refractivity contribution in [2.24, 2.45) is 5.10 Å². The Morgan fingerprint density at radius 1 is 1.05 bits per heavy atom. The van der Waals surface area contributed by atoms with Crippen LogP contribution in [0.2, 0.25) is 0 Å². The maximum atomic E-state index is 13.3. The number of hydrogen-bond donors (Lipinski definition) is 1. The van der Waals surface area contributed by atoms with Crippen molar-refractivity contribution < 1.29 is 8.78 Å². The monoisotopic (exact) mass is 260 g/mol. The topological polar surface area (TPSA) is 24.4 Å². The Morgan fingerprint density at radius 3 is 2.58 bits per heavy atom. The van der Waals surface area contributed by atoms with E-state index in [9.17, 15) is 8.78 Å². The van der Waals surface area contributed by atoms with Crippen molar-refractivity contribution in [3.63, 3.8) is 0 Å². The molecule has 2 aromatic rings. The van der Waals surface area contributed by atoms with Gasteiger partial charge in [-0.15, -0.1) is 0 Å². The van der Waals surface area contributed by atoms with Gasteiger partial charge in [-0.3, -0.25) is 5.43 Å². The molecule has 0 heterocycles. The molecule has 4 heteroatoms. The second-order valence-corrected chi connectivity index (χ2v) is 4.35. The first kappa shape index (κ1) is 13.2. The van der Waals surface area contributed by atoms with Crippen LogP contribution in [0, 0.1) is 25.5 Å². The second kappa shape index (κ2) is 5.61. The molecule has 1 N–H and O–H groups in total. The van der Waals surface area contributed by atoms with E-state index >= 15 is 0 Å². The Bertz CT molecular complexity index is 622. The summed E-state index contributed by atoms with van der Waals surface area (Å²) in [5.74, 6) is -1.28. The van der Waals surface area contributed by atoms with Crippen LogP contribution in [0.15, 0.2) is 41.5 Å². The molecule has 0 amide bonds. The lowest BCUT2D eigenvalue weighted by Crippen LogP contribution is -1.96.